The van der Waals surface area contributed by atoms with Gasteiger partial charge in [-0.2, -0.15) is 0 Å². The maximum absolute atomic E-state index is 13.0. The molecule has 0 bridgehead atoms. The molecule has 2 aliphatic rings. The summed E-state index contributed by atoms with van der Waals surface area (Å²) in [4.78, 5) is 15.0. The van der Waals surface area contributed by atoms with E-state index in [1.54, 1.807) is 0 Å². The average molecular weight is 306 g/mol. The minimum absolute atomic E-state index is 0.0397. The quantitative estimate of drug-likeness (QED) is 0.792. The Bertz CT molecular complexity index is 716. The first-order valence-corrected chi connectivity index (χ1v) is 8.49. The van der Waals surface area contributed by atoms with Crippen LogP contribution in [0.25, 0.3) is 0 Å². The molecule has 1 aliphatic heterocycles. The molecule has 3 heteroatoms. The van der Waals surface area contributed by atoms with Crippen molar-refractivity contribution in [1.82, 2.24) is 9.47 Å². The summed E-state index contributed by atoms with van der Waals surface area (Å²) in [5.41, 5.74) is 2.42. The fraction of sp³-hybridized carbons (Fsp3) is 0.350. The number of allylic oxidation sites excluding steroid dienone is 2. The van der Waals surface area contributed by atoms with Crippen LogP contribution in [0.4, 0.5) is 0 Å². The first-order valence-electron chi connectivity index (χ1n) is 8.49. The Kier molecular flexibility index (Phi) is 3.78. The van der Waals surface area contributed by atoms with E-state index in [-0.39, 0.29) is 11.9 Å². The summed E-state index contributed by atoms with van der Waals surface area (Å²) in [6.07, 6.45) is 9.40. The van der Waals surface area contributed by atoms with Crippen molar-refractivity contribution >= 4 is 5.91 Å². The van der Waals surface area contributed by atoms with Crippen molar-refractivity contribution in [3.8, 4) is 0 Å². The molecule has 23 heavy (non-hydrogen) atoms. The zero-order valence-electron chi connectivity index (χ0n) is 13.3. The van der Waals surface area contributed by atoms with E-state index >= 15 is 0 Å². The highest BCUT2D eigenvalue weighted by Gasteiger charge is 2.32. The van der Waals surface area contributed by atoms with Gasteiger partial charge in [-0.15, -0.1) is 0 Å². The highest BCUT2D eigenvalue weighted by Crippen LogP contribution is 2.33. The predicted molar refractivity (Wildman–Crippen MR) is 90.9 cm³/mol. The monoisotopic (exact) mass is 306 g/mol. The number of nitrogens with zero attached hydrogens (tertiary/aromatic N) is 2. The highest BCUT2D eigenvalue weighted by molar-refractivity contribution is 5.78. The molecule has 0 fully saturated rings. The minimum atomic E-state index is 0.0397. The number of hydrogen-bond acceptors (Lipinski definition) is 1. The van der Waals surface area contributed by atoms with Gasteiger partial charge >= 0.3 is 0 Å². The fourth-order valence-electron chi connectivity index (χ4n) is 3.84. The molecule has 1 aromatic heterocycles. The van der Waals surface area contributed by atoms with Crippen LogP contribution in [0.2, 0.25) is 0 Å². The Morgan fingerprint density at radius 3 is 2.74 bits per heavy atom. The van der Waals surface area contributed by atoms with E-state index in [0.717, 1.165) is 25.9 Å². The number of carbonyl (C=O) groups is 1. The van der Waals surface area contributed by atoms with Gasteiger partial charge in [0.25, 0.3) is 0 Å². The van der Waals surface area contributed by atoms with Crippen LogP contribution in [0.1, 0.15) is 36.6 Å². The van der Waals surface area contributed by atoms with E-state index in [4.69, 9.17) is 0 Å². The van der Waals surface area contributed by atoms with Crippen LogP contribution < -0.4 is 0 Å². The van der Waals surface area contributed by atoms with E-state index < -0.39 is 0 Å². The maximum atomic E-state index is 13.0. The lowest BCUT2D eigenvalue weighted by Gasteiger charge is -2.38. The Balaban J connectivity index is 1.65. The van der Waals surface area contributed by atoms with Gasteiger partial charge in [-0.1, -0.05) is 42.5 Å². The van der Waals surface area contributed by atoms with Crippen LogP contribution in [-0.2, 0) is 11.3 Å². The van der Waals surface area contributed by atoms with Crippen LogP contribution >= 0.6 is 0 Å². The Morgan fingerprint density at radius 2 is 1.96 bits per heavy atom. The topological polar surface area (TPSA) is 25.2 Å². The van der Waals surface area contributed by atoms with E-state index in [2.05, 4.69) is 64.2 Å². The van der Waals surface area contributed by atoms with Gasteiger partial charge < -0.3 is 9.47 Å². The summed E-state index contributed by atoms with van der Waals surface area (Å²) in [5, 5.41) is 0. The number of rotatable bonds is 3. The van der Waals surface area contributed by atoms with Gasteiger partial charge in [-0.05, 0) is 36.5 Å². The molecular weight excluding hydrogens is 284 g/mol. The van der Waals surface area contributed by atoms with Gasteiger partial charge in [0.05, 0.1) is 6.04 Å². The molecule has 2 heterocycles. The first kappa shape index (κ1) is 14.3. The van der Waals surface area contributed by atoms with E-state index in [0.29, 0.717) is 12.3 Å². The number of fused-ring (bicyclic) bond motifs is 1. The molecule has 0 saturated heterocycles. The van der Waals surface area contributed by atoms with Crippen molar-refractivity contribution in [3.05, 3.63) is 72.1 Å². The summed E-state index contributed by atoms with van der Waals surface area (Å²) < 4.78 is 2.27. The normalized spacial score (nSPS) is 23.0. The Morgan fingerprint density at radius 1 is 1.09 bits per heavy atom. The Hall–Kier alpha value is -2.29. The lowest BCUT2D eigenvalue weighted by Crippen LogP contribution is -2.42. The standard InChI is InChI=1S/C20H22N2O/c23-19(15-16-7-4-5-8-16)22-14-13-21-12-6-11-18(21)20(22)17-9-2-1-3-10-17/h1-4,6-7,9-12,16,20H,5,8,13-15H2. The van der Waals surface area contributed by atoms with Crippen LogP contribution in [0.15, 0.2) is 60.8 Å². The molecule has 0 radical (unpaired) electrons. The third kappa shape index (κ3) is 2.72. The second-order valence-corrected chi connectivity index (χ2v) is 6.50. The lowest BCUT2D eigenvalue weighted by atomic mass is 9.97. The zero-order valence-corrected chi connectivity index (χ0v) is 13.3. The van der Waals surface area contributed by atoms with Gasteiger partial charge in [0.1, 0.15) is 0 Å². The van der Waals surface area contributed by atoms with Gasteiger partial charge in [0.15, 0.2) is 0 Å². The molecule has 0 N–H and O–H groups in total. The van der Waals surface area contributed by atoms with Crippen LogP contribution in [0, 0.1) is 5.92 Å². The summed E-state index contributed by atoms with van der Waals surface area (Å²) in [7, 11) is 0. The SMILES string of the molecule is O=C(CC1C=CCC1)N1CCn2cccc2C1c1ccccc1. The third-order valence-corrected chi connectivity index (χ3v) is 5.02. The van der Waals surface area contributed by atoms with Gasteiger partial charge in [0, 0.05) is 31.4 Å². The van der Waals surface area contributed by atoms with E-state index in [9.17, 15) is 4.79 Å². The second kappa shape index (κ2) is 6.07. The van der Waals surface area contributed by atoms with E-state index in [1.807, 2.05) is 6.07 Å². The third-order valence-electron chi connectivity index (χ3n) is 5.02. The molecule has 2 atom stereocenters. The number of carbonyl (C=O) groups excluding carboxylic acids is 1. The zero-order chi connectivity index (χ0) is 15.6. The van der Waals surface area contributed by atoms with Gasteiger partial charge in [-0.25, -0.2) is 0 Å². The summed E-state index contributed by atoms with van der Waals surface area (Å²) in [6.45, 7) is 1.68. The van der Waals surface area contributed by atoms with Crippen molar-refractivity contribution in [2.75, 3.05) is 6.54 Å². The summed E-state index contributed by atoms with van der Waals surface area (Å²) >= 11 is 0. The van der Waals surface area contributed by atoms with Crippen molar-refractivity contribution in [2.45, 2.75) is 31.8 Å². The Labute approximate surface area is 137 Å². The minimum Gasteiger partial charge on any atom is -0.348 e. The first-order chi connectivity index (χ1) is 11.3. The molecule has 118 valence electrons. The second-order valence-electron chi connectivity index (χ2n) is 6.50. The predicted octanol–water partition coefficient (Wildman–Crippen LogP) is 3.78. The number of aromatic nitrogens is 1. The molecule has 1 amide bonds. The largest absolute Gasteiger partial charge is 0.348 e. The molecule has 1 aromatic carbocycles. The lowest BCUT2D eigenvalue weighted by molar-refractivity contribution is -0.134. The molecule has 0 saturated carbocycles. The molecular formula is C20H22N2O. The van der Waals surface area contributed by atoms with Crippen molar-refractivity contribution < 1.29 is 4.79 Å². The van der Waals surface area contributed by atoms with Crippen molar-refractivity contribution in [3.63, 3.8) is 0 Å². The fourth-order valence-corrected chi connectivity index (χ4v) is 3.84. The van der Waals surface area contributed by atoms with Crippen LogP contribution in [0.3, 0.4) is 0 Å². The highest BCUT2D eigenvalue weighted by atomic mass is 16.2. The maximum Gasteiger partial charge on any atom is 0.224 e. The molecule has 1 aliphatic carbocycles. The molecule has 2 aromatic rings. The van der Waals surface area contributed by atoms with Crippen molar-refractivity contribution in [2.24, 2.45) is 5.92 Å². The average Bonchev–Trinajstić information content (AvgIpc) is 3.25. The van der Waals surface area contributed by atoms with Crippen molar-refractivity contribution in [1.29, 1.82) is 0 Å². The summed E-state index contributed by atoms with van der Waals surface area (Å²) in [5.74, 6) is 0.704. The van der Waals surface area contributed by atoms with Crippen LogP contribution in [0.5, 0.6) is 0 Å². The number of hydrogen-bond donors (Lipinski definition) is 0. The molecule has 3 nitrogen and oxygen atoms in total. The van der Waals surface area contributed by atoms with Gasteiger partial charge in [-0.3, -0.25) is 4.79 Å². The summed E-state index contributed by atoms with van der Waals surface area (Å²) in [6, 6.07) is 14.7. The molecule has 2 unspecified atom stereocenters. The van der Waals surface area contributed by atoms with Crippen LogP contribution in [-0.4, -0.2) is 21.9 Å². The van der Waals surface area contributed by atoms with E-state index in [1.165, 1.54) is 11.3 Å². The molecule has 0 spiro atoms. The number of amides is 1. The van der Waals surface area contributed by atoms with Gasteiger partial charge in [0.2, 0.25) is 5.91 Å². The molecule has 4 rings (SSSR count). The number of benzene rings is 1. The smallest absolute Gasteiger partial charge is 0.224 e.